The lowest BCUT2D eigenvalue weighted by Crippen LogP contribution is -2.29. The van der Waals surface area contributed by atoms with Crippen molar-refractivity contribution in [1.29, 1.82) is 0 Å². The predicted octanol–water partition coefficient (Wildman–Crippen LogP) is 3.61. The maximum atomic E-state index is 13.6. The van der Waals surface area contributed by atoms with Crippen molar-refractivity contribution in [3.63, 3.8) is 0 Å². The second-order valence-corrected chi connectivity index (χ2v) is 7.25. The van der Waals surface area contributed by atoms with Gasteiger partial charge in [-0.2, -0.15) is 0 Å². The van der Waals surface area contributed by atoms with Crippen molar-refractivity contribution in [2.24, 2.45) is 5.92 Å². The topological polar surface area (TPSA) is 49.3 Å². The first-order valence-electron chi connectivity index (χ1n) is 7.96. The molecule has 2 unspecified atom stereocenters. The SMILES string of the molecule is CC1CCc2c(C(=O)NCC(O)c3ccc(F)cc3F)csc2C1. The number of benzene rings is 1. The molecular weight excluding hydrogens is 332 g/mol. The smallest absolute Gasteiger partial charge is 0.252 e. The first-order valence-corrected chi connectivity index (χ1v) is 8.84. The molecule has 2 aromatic rings. The van der Waals surface area contributed by atoms with Crippen molar-refractivity contribution in [2.75, 3.05) is 6.54 Å². The van der Waals surface area contributed by atoms with Crippen molar-refractivity contribution in [2.45, 2.75) is 32.3 Å². The van der Waals surface area contributed by atoms with Crippen molar-refractivity contribution < 1.29 is 18.7 Å². The second-order valence-electron chi connectivity index (χ2n) is 6.29. The summed E-state index contributed by atoms with van der Waals surface area (Å²) < 4.78 is 26.6. The molecule has 128 valence electrons. The number of rotatable bonds is 4. The van der Waals surface area contributed by atoms with Gasteiger partial charge >= 0.3 is 0 Å². The number of amides is 1. The van der Waals surface area contributed by atoms with Gasteiger partial charge in [-0.1, -0.05) is 13.0 Å². The molecule has 0 spiro atoms. The molecule has 0 fully saturated rings. The summed E-state index contributed by atoms with van der Waals surface area (Å²) >= 11 is 1.59. The van der Waals surface area contributed by atoms with Crippen LogP contribution in [0.15, 0.2) is 23.6 Å². The van der Waals surface area contributed by atoms with E-state index in [1.165, 1.54) is 10.9 Å². The molecule has 0 aliphatic heterocycles. The zero-order valence-electron chi connectivity index (χ0n) is 13.3. The minimum absolute atomic E-state index is 0.0297. The van der Waals surface area contributed by atoms with E-state index in [9.17, 15) is 18.7 Å². The first-order chi connectivity index (χ1) is 11.5. The van der Waals surface area contributed by atoms with Crippen LogP contribution in [0.4, 0.5) is 8.78 Å². The first kappa shape index (κ1) is 17.0. The van der Waals surface area contributed by atoms with E-state index in [0.717, 1.165) is 37.0 Å². The fourth-order valence-corrected chi connectivity index (χ4v) is 4.28. The molecule has 2 N–H and O–H groups in total. The van der Waals surface area contributed by atoms with Gasteiger partial charge in [0.05, 0.1) is 11.7 Å². The molecule has 0 saturated heterocycles. The average Bonchev–Trinajstić information content (AvgIpc) is 2.95. The lowest BCUT2D eigenvalue weighted by molar-refractivity contribution is 0.0913. The Labute approximate surface area is 143 Å². The van der Waals surface area contributed by atoms with Gasteiger partial charge in [0, 0.05) is 28.4 Å². The summed E-state index contributed by atoms with van der Waals surface area (Å²) in [6, 6.07) is 2.99. The van der Waals surface area contributed by atoms with Crippen molar-refractivity contribution >= 4 is 17.2 Å². The minimum atomic E-state index is -1.22. The van der Waals surface area contributed by atoms with Gasteiger partial charge in [-0.05, 0) is 36.8 Å². The van der Waals surface area contributed by atoms with Crippen LogP contribution in [0.3, 0.4) is 0 Å². The highest BCUT2D eigenvalue weighted by atomic mass is 32.1. The fourth-order valence-electron chi connectivity index (χ4n) is 3.03. The maximum Gasteiger partial charge on any atom is 0.252 e. The molecule has 2 atom stereocenters. The lowest BCUT2D eigenvalue weighted by Gasteiger charge is -2.19. The van der Waals surface area contributed by atoms with Crippen LogP contribution in [-0.2, 0) is 12.8 Å². The summed E-state index contributed by atoms with van der Waals surface area (Å²) in [5.41, 5.74) is 1.71. The Balaban J connectivity index is 1.65. The molecule has 1 aromatic heterocycles. The molecule has 3 nitrogen and oxygen atoms in total. The molecule has 1 heterocycles. The van der Waals surface area contributed by atoms with Crippen LogP contribution in [0.5, 0.6) is 0 Å². The Kier molecular flexibility index (Phi) is 4.96. The number of aliphatic hydroxyl groups is 1. The summed E-state index contributed by atoms with van der Waals surface area (Å²) in [7, 11) is 0. The van der Waals surface area contributed by atoms with Gasteiger partial charge in [-0.15, -0.1) is 11.3 Å². The third kappa shape index (κ3) is 3.49. The van der Waals surface area contributed by atoms with E-state index in [1.54, 1.807) is 11.3 Å². The zero-order chi connectivity index (χ0) is 17.3. The number of halogens is 2. The van der Waals surface area contributed by atoms with E-state index < -0.39 is 17.7 Å². The molecule has 1 aromatic carbocycles. The van der Waals surface area contributed by atoms with E-state index in [0.29, 0.717) is 11.5 Å². The highest BCUT2D eigenvalue weighted by Gasteiger charge is 2.23. The Bertz CT molecular complexity index is 759. The number of hydrogen-bond acceptors (Lipinski definition) is 3. The van der Waals surface area contributed by atoms with E-state index >= 15 is 0 Å². The summed E-state index contributed by atoms with van der Waals surface area (Å²) in [5.74, 6) is -1.15. The van der Waals surface area contributed by atoms with Crippen molar-refractivity contribution in [1.82, 2.24) is 5.32 Å². The quantitative estimate of drug-likeness (QED) is 0.884. The zero-order valence-corrected chi connectivity index (χ0v) is 14.1. The van der Waals surface area contributed by atoms with Gasteiger partial charge in [-0.25, -0.2) is 8.78 Å². The molecule has 0 radical (unpaired) electrons. The van der Waals surface area contributed by atoms with Crippen molar-refractivity contribution in [3.8, 4) is 0 Å². The number of hydrogen-bond donors (Lipinski definition) is 2. The molecule has 1 amide bonds. The molecule has 3 rings (SSSR count). The molecular formula is C18H19F2NO2S. The standard InChI is InChI=1S/C18H19F2NO2S/c1-10-2-4-12-14(9-24-17(12)6-10)18(23)21-8-16(22)13-5-3-11(19)7-15(13)20/h3,5,7,9-10,16,22H,2,4,6,8H2,1H3,(H,21,23). The Morgan fingerprint density at radius 3 is 3.00 bits per heavy atom. The van der Waals surface area contributed by atoms with Crippen LogP contribution in [0, 0.1) is 17.6 Å². The molecule has 6 heteroatoms. The van der Waals surface area contributed by atoms with Gasteiger partial charge < -0.3 is 10.4 Å². The predicted molar refractivity (Wildman–Crippen MR) is 89.2 cm³/mol. The van der Waals surface area contributed by atoms with Crippen molar-refractivity contribution in [3.05, 3.63) is 56.8 Å². The Morgan fingerprint density at radius 2 is 2.25 bits per heavy atom. The average molecular weight is 351 g/mol. The maximum absolute atomic E-state index is 13.6. The highest BCUT2D eigenvalue weighted by molar-refractivity contribution is 7.10. The van der Waals surface area contributed by atoms with Gasteiger partial charge in [-0.3, -0.25) is 4.79 Å². The van der Waals surface area contributed by atoms with Gasteiger partial charge in [0.1, 0.15) is 11.6 Å². The largest absolute Gasteiger partial charge is 0.386 e. The van der Waals surface area contributed by atoms with Crippen LogP contribution in [0.2, 0.25) is 0 Å². The second kappa shape index (κ2) is 6.99. The number of carbonyl (C=O) groups excluding carboxylic acids is 1. The molecule has 1 aliphatic carbocycles. The Morgan fingerprint density at radius 1 is 1.46 bits per heavy atom. The van der Waals surface area contributed by atoms with Crippen LogP contribution in [-0.4, -0.2) is 17.6 Å². The molecule has 0 bridgehead atoms. The Hall–Kier alpha value is -1.79. The van der Waals surface area contributed by atoms with Gasteiger partial charge in [0.2, 0.25) is 0 Å². The van der Waals surface area contributed by atoms with Crippen LogP contribution >= 0.6 is 11.3 Å². The number of aliphatic hydroxyl groups excluding tert-OH is 1. The highest BCUT2D eigenvalue weighted by Crippen LogP contribution is 2.32. The van der Waals surface area contributed by atoms with Gasteiger partial charge in [0.15, 0.2) is 0 Å². The minimum Gasteiger partial charge on any atom is -0.386 e. The summed E-state index contributed by atoms with van der Waals surface area (Å²) in [4.78, 5) is 13.6. The molecule has 1 aliphatic rings. The lowest BCUT2D eigenvalue weighted by atomic mass is 9.88. The van der Waals surface area contributed by atoms with Gasteiger partial charge in [0.25, 0.3) is 5.91 Å². The molecule has 24 heavy (non-hydrogen) atoms. The third-order valence-corrected chi connectivity index (χ3v) is 5.47. The van der Waals surface area contributed by atoms with E-state index in [-0.39, 0.29) is 18.0 Å². The van der Waals surface area contributed by atoms with Crippen LogP contribution in [0.1, 0.15) is 45.8 Å². The number of nitrogens with one attached hydrogen (secondary N) is 1. The van der Waals surface area contributed by atoms with E-state index in [4.69, 9.17) is 0 Å². The monoisotopic (exact) mass is 351 g/mol. The summed E-state index contributed by atoms with van der Waals surface area (Å²) in [6.07, 6.45) is 1.73. The number of carbonyl (C=O) groups is 1. The fraction of sp³-hybridized carbons (Fsp3) is 0.389. The third-order valence-electron chi connectivity index (χ3n) is 4.42. The number of thiophene rings is 1. The van der Waals surface area contributed by atoms with E-state index in [1.807, 2.05) is 5.38 Å². The summed E-state index contributed by atoms with van der Waals surface area (Å²) in [6.45, 7) is 2.08. The van der Waals surface area contributed by atoms with Crippen LogP contribution < -0.4 is 5.32 Å². The molecule has 0 saturated carbocycles. The van der Waals surface area contributed by atoms with E-state index in [2.05, 4.69) is 12.2 Å². The normalized spacial score (nSPS) is 18.1. The summed E-state index contributed by atoms with van der Waals surface area (Å²) in [5, 5.41) is 14.5. The van der Waals surface area contributed by atoms with Crippen LogP contribution in [0.25, 0.3) is 0 Å². The number of fused-ring (bicyclic) bond motifs is 1.